The van der Waals surface area contributed by atoms with Gasteiger partial charge in [-0.1, -0.05) is 0 Å². The van der Waals surface area contributed by atoms with Crippen molar-refractivity contribution in [3.63, 3.8) is 0 Å². The maximum atomic E-state index is 8.74. The summed E-state index contributed by atoms with van der Waals surface area (Å²) >= 11 is 0.125. The van der Waals surface area contributed by atoms with Crippen molar-refractivity contribution in [2.45, 2.75) is 0 Å². The van der Waals surface area contributed by atoms with E-state index < -0.39 is 10.4 Å². The first-order valence-electron chi connectivity index (χ1n) is 0.987. The zero-order chi connectivity index (χ0) is 6.50. The van der Waals surface area contributed by atoms with Gasteiger partial charge < -0.3 is 0 Å². The second kappa shape index (κ2) is 7.81. The number of hydrogen-bond donors (Lipinski definition) is 2. The van der Waals surface area contributed by atoms with Gasteiger partial charge in [0.15, 0.2) is 0 Å². The molecule has 51 valence electrons. The Hall–Kier alpha value is 0.813. The van der Waals surface area contributed by atoms with E-state index in [1.165, 1.54) is 0 Å². The zero-order valence-corrected chi connectivity index (χ0v) is 8.26. The second-order valence-corrected chi connectivity index (χ2v) is 1.34. The van der Waals surface area contributed by atoms with Gasteiger partial charge in [0.1, 0.15) is 0 Å². The molecule has 8 heteroatoms. The molecule has 0 aliphatic rings. The summed E-state index contributed by atoms with van der Waals surface area (Å²) in [6.07, 6.45) is 0. The fourth-order valence-electron chi connectivity index (χ4n) is 0. The number of rotatable bonds is 0. The van der Waals surface area contributed by atoms with Crippen molar-refractivity contribution in [2.24, 2.45) is 0 Å². The van der Waals surface area contributed by atoms with Crippen molar-refractivity contribution in [3.8, 4) is 0 Å². The Balaban J connectivity index is -0.0000000750. The van der Waals surface area contributed by atoms with Crippen molar-refractivity contribution in [1.29, 1.82) is 0 Å². The van der Waals surface area contributed by atoms with Crippen LogP contribution >= 0.6 is 0 Å². The Morgan fingerprint density at radius 2 is 1.12 bits per heavy atom. The monoisotopic (exact) mass is 241 g/mol. The molecule has 0 spiro atoms. The van der Waals surface area contributed by atoms with Crippen molar-refractivity contribution in [2.75, 3.05) is 0 Å². The Morgan fingerprint density at radius 3 is 1.12 bits per heavy atom. The van der Waals surface area contributed by atoms with E-state index in [9.17, 15) is 0 Å². The SMILES string of the molecule is O=S(=O)(O)O.[Cu].[O]=[Zn]. The van der Waals surface area contributed by atoms with E-state index >= 15 is 0 Å². The third kappa shape index (κ3) is 348. The van der Waals surface area contributed by atoms with Gasteiger partial charge in [-0.25, -0.2) is 0 Å². The molecule has 0 aromatic rings. The molecule has 0 heterocycles. The van der Waals surface area contributed by atoms with Gasteiger partial charge in [0.25, 0.3) is 0 Å². The van der Waals surface area contributed by atoms with Crippen LogP contribution in [0.2, 0.25) is 0 Å². The normalized spacial score (nSPS) is 8.00. The Bertz CT molecular complexity index is 106. The molecule has 0 amide bonds. The minimum absolute atomic E-state index is 0. The quantitative estimate of drug-likeness (QED) is 0.430. The van der Waals surface area contributed by atoms with Crippen LogP contribution < -0.4 is 0 Å². The van der Waals surface area contributed by atoms with Gasteiger partial charge in [0.2, 0.25) is 0 Å². The van der Waals surface area contributed by atoms with E-state index in [0.29, 0.717) is 0 Å². The Labute approximate surface area is 66.8 Å². The van der Waals surface area contributed by atoms with E-state index in [2.05, 4.69) is 0 Å². The first kappa shape index (κ1) is 15.9. The van der Waals surface area contributed by atoms with Gasteiger partial charge in [-0.2, -0.15) is 8.42 Å². The first-order chi connectivity index (χ1) is 3.00. The summed E-state index contributed by atoms with van der Waals surface area (Å²) in [6, 6.07) is 0. The molecule has 0 saturated carbocycles. The van der Waals surface area contributed by atoms with Crippen molar-refractivity contribution in [1.82, 2.24) is 0 Å². The molecule has 0 aliphatic heterocycles. The molecule has 0 aromatic heterocycles. The zero-order valence-electron chi connectivity index (χ0n) is 3.54. The van der Waals surface area contributed by atoms with E-state index in [1.807, 2.05) is 0 Å². The summed E-state index contributed by atoms with van der Waals surface area (Å²) < 4.78 is 40.0. The van der Waals surface area contributed by atoms with E-state index in [0.717, 1.165) is 0 Å². The van der Waals surface area contributed by atoms with E-state index in [4.69, 9.17) is 21.1 Å². The van der Waals surface area contributed by atoms with Gasteiger partial charge in [-0.05, 0) is 0 Å². The minimum atomic E-state index is -4.67. The van der Waals surface area contributed by atoms with Crippen LogP contribution in [0.25, 0.3) is 0 Å². The molecule has 1 radical (unpaired) electrons. The van der Waals surface area contributed by atoms with Crippen LogP contribution in [0.4, 0.5) is 0 Å². The van der Waals surface area contributed by atoms with Crippen LogP contribution in [0.1, 0.15) is 0 Å². The second-order valence-electron chi connectivity index (χ2n) is 0.448. The van der Waals surface area contributed by atoms with Crippen molar-refractivity contribution >= 4 is 10.4 Å². The van der Waals surface area contributed by atoms with Gasteiger partial charge in [-0.3, -0.25) is 9.11 Å². The van der Waals surface area contributed by atoms with Crippen LogP contribution in [0.3, 0.4) is 0 Å². The van der Waals surface area contributed by atoms with Gasteiger partial charge in [0, 0.05) is 17.1 Å². The fourth-order valence-corrected chi connectivity index (χ4v) is 0. The summed E-state index contributed by atoms with van der Waals surface area (Å²) in [5, 5.41) is 0. The molecule has 8 heavy (non-hydrogen) atoms. The van der Waals surface area contributed by atoms with Crippen LogP contribution in [0.15, 0.2) is 0 Å². The predicted molar refractivity (Wildman–Crippen MR) is 14.9 cm³/mol. The Morgan fingerprint density at radius 1 is 1.12 bits per heavy atom. The topological polar surface area (TPSA) is 91.7 Å². The standard InChI is InChI=1S/Cu.H2O4S.O.Zn/c;1-5(2,3)4;;/h;(H2,1,2,3,4);;. The first-order valence-corrected chi connectivity index (χ1v) is 3.60. The molecule has 0 aliphatic carbocycles. The summed E-state index contributed by atoms with van der Waals surface area (Å²) in [5.41, 5.74) is 0. The van der Waals surface area contributed by atoms with Gasteiger partial charge in [-0.15, -0.1) is 0 Å². The molecule has 0 unspecified atom stereocenters. The van der Waals surface area contributed by atoms with Crippen molar-refractivity contribution in [3.05, 3.63) is 0 Å². The van der Waals surface area contributed by atoms with Gasteiger partial charge in [0.05, 0.1) is 0 Å². The molecule has 0 atom stereocenters. The third-order valence-electron chi connectivity index (χ3n) is 0. The Kier molecular flexibility index (Phi) is 15.5. The van der Waals surface area contributed by atoms with Crippen LogP contribution in [0.5, 0.6) is 0 Å². The van der Waals surface area contributed by atoms with Crippen LogP contribution in [-0.2, 0) is 49.3 Å². The summed E-state index contributed by atoms with van der Waals surface area (Å²) in [6.45, 7) is 0. The molecule has 5 nitrogen and oxygen atoms in total. The molecule has 0 rings (SSSR count). The van der Waals surface area contributed by atoms with E-state index in [-0.39, 0.29) is 35.3 Å². The summed E-state index contributed by atoms with van der Waals surface area (Å²) in [7, 11) is -4.67. The van der Waals surface area contributed by atoms with Crippen molar-refractivity contribution < 1.29 is 56.4 Å². The molecule has 0 bridgehead atoms. The van der Waals surface area contributed by atoms with Crippen LogP contribution in [-0.4, -0.2) is 17.5 Å². The summed E-state index contributed by atoms with van der Waals surface area (Å²) in [5.74, 6) is 0. The maximum absolute atomic E-state index is 8.74. The fraction of sp³-hybridized carbons (Fsp3) is 0. The predicted octanol–water partition coefficient (Wildman–Crippen LogP) is -0.777. The average Bonchev–Trinajstić information content (AvgIpc) is 1.36. The molecular formula is H2CuO5SZn. The summed E-state index contributed by atoms with van der Waals surface area (Å²) in [4.78, 5) is 0. The molecule has 0 aromatic carbocycles. The molecular weight excluding hydrogens is 241 g/mol. The van der Waals surface area contributed by atoms with E-state index in [1.54, 1.807) is 0 Å². The molecule has 2 N–H and O–H groups in total. The average molecular weight is 243 g/mol. The number of hydrogen-bond acceptors (Lipinski definition) is 3. The molecule has 0 saturated heterocycles. The third-order valence-corrected chi connectivity index (χ3v) is 0. The van der Waals surface area contributed by atoms with Gasteiger partial charge >= 0.3 is 32.2 Å². The molecule has 0 fully saturated rings. The van der Waals surface area contributed by atoms with Crippen LogP contribution in [0, 0.1) is 0 Å².